The predicted molar refractivity (Wildman–Crippen MR) is 78.2 cm³/mol. The summed E-state index contributed by atoms with van der Waals surface area (Å²) in [5.41, 5.74) is 0. The molecule has 5 heteroatoms. The van der Waals surface area contributed by atoms with Crippen molar-refractivity contribution in [1.82, 2.24) is 15.5 Å². The van der Waals surface area contributed by atoms with Gasteiger partial charge in [-0.15, -0.1) is 0 Å². The molecule has 2 N–H and O–H groups in total. The third-order valence-electron chi connectivity index (χ3n) is 4.47. The molecule has 1 atom stereocenters. The van der Waals surface area contributed by atoms with E-state index in [0.29, 0.717) is 37.4 Å². The fourth-order valence-corrected chi connectivity index (χ4v) is 3.07. The van der Waals surface area contributed by atoms with Gasteiger partial charge >= 0.3 is 0 Å². The van der Waals surface area contributed by atoms with Gasteiger partial charge in [0.25, 0.3) is 0 Å². The van der Waals surface area contributed by atoms with Crippen LogP contribution in [-0.2, 0) is 9.59 Å². The molecule has 0 aromatic heterocycles. The molecule has 0 bridgehead atoms. The molecule has 2 aliphatic rings. The fourth-order valence-electron chi connectivity index (χ4n) is 3.07. The van der Waals surface area contributed by atoms with Crippen molar-refractivity contribution in [1.29, 1.82) is 0 Å². The van der Waals surface area contributed by atoms with Crippen molar-refractivity contribution in [3.63, 3.8) is 0 Å². The molecular formula is C15H27N3O2. The lowest BCUT2D eigenvalue weighted by Crippen LogP contribution is -2.47. The predicted octanol–water partition coefficient (Wildman–Crippen LogP) is 0.892. The zero-order valence-electron chi connectivity index (χ0n) is 12.7. The molecule has 5 nitrogen and oxygen atoms in total. The molecule has 2 saturated heterocycles. The molecule has 1 unspecified atom stereocenters. The Morgan fingerprint density at radius 1 is 1.35 bits per heavy atom. The van der Waals surface area contributed by atoms with Crippen LogP contribution in [0.1, 0.15) is 46.0 Å². The largest absolute Gasteiger partial charge is 0.356 e. The first kappa shape index (κ1) is 15.3. The van der Waals surface area contributed by atoms with Crippen molar-refractivity contribution in [2.24, 2.45) is 5.92 Å². The first-order valence-corrected chi connectivity index (χ1v) is 7.84. The van der Waals surface area contributed by atoms with Crippen molar-refractivity contribution in [3.8, 4) is 0 Å². The Balaban J connectivity index is 1.66. The molecule has 0 radical (unpaired) electrons. The van der Waals surface area contributed by atoms with Crippen molar-refractivity contribution in [2.45, 2.75) is 58.0 Å². The number of amides is 2. The van der Waals surface area contributed by atoms with Gasteiger partial charge in [0.15, 0.2) is 0 Å². The second-order valence-corrected chi connectivity index (χ2v) is 6.38. The highest BCUT2D eigenvalue weighted by Gasteiger charge is 2.24. The summed E-state index contributed by atoms with van der Waals surface area (Å²) in [6.07, 6.45) is 4.04. The van der Waals surface area contributed by atoms with E-state index >= 15 is 0 Å². The number of hydrogen-bond acceptors (Lipinski definition) is 3. The lowest BCUT2D eigenvalue weighted by molar-refractivity contribution is -0.126. The van der Waals surface area contributed by atoms with Crippen LogP contribution in [-0.4, -0.2) is 48.4 Å². The van der Waals surface area contributed by atoms with E-state index in [2.05, 4.69) is 29.4 Å². The second kappa shape index (κ2) is 7.07. The fraction of sp³-hybridized carbons (Fsp3) is 0.867. The van der Waals surface area contributed by atoms with E-state index in [9.17, 15) is 9.59 Å². The van der Waals surface area contributed by atoms with E-state index < -0.39 is 0 Å². The minimum atomic E-state index is 0.114. The highest BCUT2D eigenvalue weighted by Crippen LogP contribution is 2.16. The smallest absolute Gasteiger partial charge is 0.220 e. The molecule has 0 aliphatic carbocycles. The molecule has 0 aromatic carbocycles. The number of carbonyl (C=O) groups is 2. The number of nitrogens with zero attached hydrogens (tertiary/aromatic N) is 1. The molecule has 0 spiro atoms. The average Bonchev–Trinajstić information content (AvgIpc) is 2.42. The van der Waals surface area contributed by atoms with Crippen LogP contribution < -0.4 is 10.6 Å². The van der Waals surface area contributed by atoms with Crippen molar-refractivity contribution in [2.75, 3.05) is 19.6 Å². The van der Waals surface area contributed by atoms with Crippen LogP contribution in [0.4, 0.5) is 0 Å². The topological polar surface area (TPSA) is 61.4 Å². The van der Waals surface area contributed by atoms with Gasteiger partial charge in [-0.2, -0.15) is 0 Å². The third-order valence-corrected chi connectivity index (χ3v) is 4.47. The molecule has 2 amide bonds. The number of rotatable bonds is 4. The zero-order valence-corrected chi connectivity index (χ0v) is 12.7. The molecule has 2 aliphatic heterocycles. The van der Waals surface area contributed by atoms with E-state index in [1.807, 2.05) is 0 Å². The molecule has 2 rings (SSSR count). The number of likely N-dealkylation sites (tertiary alicyclic amines) is 1. The summed E-state index contributed by atoms with van der Waals surface area (Å²) >= 11 is 0. The van der Waals surface area contributed by atoms with Crippen LogP contribution in [0.15, 0.2) is 0 Å². The zero-order chi connectivity index (χ0) is 14.5. The van der Waals surface area contributed by atoms with Crippen LogP contribution >= 0.6 is 0 Å². The van der Waals surface area contributed by atoms with Gasteiger partial charge in [0, 0.05) is 44.6 Å². The van der Waals surface area contributed by atoms with Gasteiger partial charge in [0.2, 0.25) is 11.8 Å². The summed E-state index contributed by atoms with van der Waals surface area (Å²) in [7, 11) is 0. The molecule has 0 aromatic rings. The maximum atomic E-state index is 12.0. The van der Waals surface area contributed by atoms with E-state index in [0.717, 1.165) is 32.4 Å². The highest BCUT2D eigenvalue weighted by molar-refractivity contribution is 5.78. The molecule has 0 saturated carbocycles. The van der Waals surface area contributed by atoms with E-state index in [1.54, 1.807) is 0 Å². The molecular weight excluding hydrogens is 254 g/mol. The Morgan fingerprint density at radius 2 is 2.05 bits per heavy atom. The Morgan fingerprint density at radius 3 is 2.60 bits per heavy atom. The Bertz CT molecular complexity index is 339. The third kappa shape index (κ3) is 4.47. The standard InChI is InChI=1S/C15H27N3O2/c1-11(2)18-7-5-13(6-8-18)17-15(20)9-12-3-4-14(19)16-10-12/h11-13H,3-10H2,1-2H3,(H,16,19)(H,17,20). The van der Waals surface area contributed by atoms with Gasteiger partial charge in [-0.3, -0.25) is 9.59 Å². The van der Waals surface area contributed by atoms with Crippen LogP contribution in [0.25, 0.3) is 0 Å². The summed E-state index contributed by atoms with van der Waals surface area (Å²) in [4.78, 5) is 25.6. The van der Waals surface area contributed by atoms with Crippen LogP contribution in [0, 0.1) is 5.92 Å². The van der Waals surface area contributed by atoms with Crippen molar-refractivity contribution < 1.29 is 9.59 Å². The minimum absolute atomic E-state index is 0.114. The number of piperidine rings is 2. The summed E-state index contributed by atoms with van der Waals surface area (Å²) in [6, 6.07) is 0.924. The van der Waals surface area contributed by atoms with E-state index in [1.165, 1.54) is 0 Å². The molecule has 20 heavy (non-hydrogen) atoms. The maximum Gasteiger partial charge on any atom is 0.220 e. The summed E-state index contributed by atoms with van der Waals surface area (Å²) < 4.78 is 0. The van der Waals surface area contributed by atoms with Crippen LogP contribution in [0.3, 0.4) is 0 Å². The van der Waals surface area contributed by atoms with Crippen LogP contribution in [0.2, 0.25) is 0 Å². The van der Waals surface area contributed by atoms with E-state index in [-0.39, 0.29) is 11.8 Å². The number of hydrogen-bond donors (Lipinski definition) is 2. The lowest BCUT2D eigenvalue weighted by Gasteiger charge is -2.35. The molecule has 114 valence electrons. The summed E-state index contributed by atoms with van der Waals surface area (Å²) in [5, 5.41) is 5.99. The first-order chi connectivity index (χ1) is 9.54. The maximum absolute atomic E-state index is 12.0. The highest BCUT2D eigenvalue weighted by atomic mass is 16.2. The lowest BCUT2D eigenvalue weighted by atomic mass is 9.95. The minimum Gasteiger partial charge on any atom is -0.356 e. The van der Waals surface area contributed by atoms with E-state index in [4.69, 9.17) is 0 Å². The molecule has 2 heterocycles. The number of nitrogens with one attached hydrogen (secondary N) is 2. The quantitative estimate of drug-likeness (QED) is 0.804. The van der Waals surface area contributed by atoms with Gasteiger partial charge in [-0.1, -0.05) is 0 Å². The summed E-state index contributed by atoms with van der Waals surface area (Å²) in [5.74, 6) is 0.570. The Kier molecular flexibility index (Phi) is 5.40. The van der Waals surface area contributed by atoms with Crippen molar-refractivity contribution in [3.05, 3.63) is 0 Å². The van der Waals surface area contributed by atoms with Gasteiger partial charge in [-0.05, 0) is 39.0 Å². The monoisotopic (exact) mass is 281 g/mol. The van der Waals surface area contributed by atoms with Crippen LogP contribution in [0.5, 0.6) is 0 Å². The van der Waals surface area contributed by atoms with Gasteiger partial charge in [0.05, 0.1) is 0 Å². The first-order valence-electron chi connectivity index (χ1n) is 7.84. The summed E-state index contributed by atoms with van der Waals surface area (Å²) in [6.45, 7) is 7.23. The van der Waals surface area contributed by atoms with Gasteiger partial charge in [0.1, 0.15) is 0 Å². The van der Waals surface area contributed by atoms with Gasteiger partial charge in [-0.25, -0.2) is 0 Å². The average molecular weight is 281 g/mol. The normalized spacial score (nSPS) is 25.6. The SMILES string of the molecule is CC(C)N1CCC(NC(=O)CC2CCC(=O)NC2)CC1. The number of carbonyl (C=O) groups excluding carboxylic acids is 2. The Labute approximate surface area is 121 Å². The second-order valence-electron chi connectivity index (χ2n) is 6.38. The van der Waals surface area contributed by atoms with Gasteiger partial charge < -0.3 is 15.5 Å². The Hall–Kier alpha value is -1.10. The van der Waals surface area contributed by atoms with Crippen molar-refractivity contribution >= 4 is 11.8 Å². The molecule has 2 fully saturated rings.